The molecule has 0 radical (unpaired) electrons. The first-order valence-electron chi connectivity index (χ1n) is 5.98. The number of nitrogens with one attached hydrogen (secondary N) is 1. The first kappa shape index (κ1) is 19.4. The van der Waals surface area contributed by atoms with Crippen LogP contribution >= 0.6 is 36.4 Å². The maximum absolute atomic E-state index is 10.9. The van der Waals surface area contributed by atoms with E-state index in [-0.39, 0.29) is 41.6 Å². The number of benzene rings is 1. The maximum atomic E-state index is 10.9. The van der Waals surface area contributed by atoms with Crippen molar-refractivity contribution >= 4 is 42.1 Å². The Morgan fingerprint density at radius 1 is 1.35 bits per heavy atom. The Morgan fingerprint density at radius 3 is 2.50 bits per heavy atom. The van der Waals surface area contributed by atoms with Gasteiger partial charge in [0.2, 0.25) is 0 Å². The van der Waals surface area contributed by atoms with Crippen LogP contribution in [0.4, 0.5) is 5.69 Å². The predicted molar refractivity (Wildman–Crippen MR) is 85.5 cm³/mol. The molecule has 0 saturated carbocycles. The Balaban J connectivity index is 0.00000180. The lowest BCUT2D eigenvalue weighted by molar-refractivity contribution is -0.384. The third kappa shape index (κ3) is 4.46. The van der Waals surface area contributed by atoms with E-state index in [9.17, 15) is 10.1 Å². The fourth-order valence-electron chi connectivity index (χ4n) is 2.21. The SMILES string of the molecule is C[C@H](c1ccc(Cl)c([N+](=O)[O-])c1)N1CCNCC1.Cl.Cl. The van der Waals surface area contributed by atoms with Crippen LogP contribution in [-0.2, 0) is 0 Å². The van der Waals surface area contributed by atoms with Crippen molar-refractivity contribution in [2.45, 2.75) is 13.0 Å². The van der Waals surface area contributed by atoms with Gasteiger partial charge in [-0.1, -0.05) is 17.7 Å². The van der Waals surface area contributed by atoms with Crippen molar-refractivity contribution in [3.8, 4) is 0 Å². The van der Waals surface area contributed by atoms with Gasteiger partial charge >= 0.3 is 0 Å². The molecule has 0 spiro atoms. The Bertz CT molecular complexity index is 454. The van der Waals surface area contributed by atoms with Crippen LogP contribution in [0.3, 0.4) is 0 Å². The van der Waals surface area contributed by atoms with E-state index in [1.807, 2.05) is 6.07 Å². The second-order valence-electron chi connectivity index (χ2n) is 4.43. The van der Waals surface area contributed by atoms with Gasteiger partial charge in [-0.3, -0.25) is 15.0 Å². The summed E-state index contributed by atoms with van der Waals surface area (Å²) in [6.45, 7) is 5.90. The molecule has 0 unspecified atom stereocenters. The third-order valence-corrected chi connectivity index (χ3v) is 3.67. The average molecular weight is 343 g/mol. The molecule has 8 heteroatoms. The average Bonchev–Trinajstić information content (AvgIpc) is 2.39. The molecule has 20 heavy (non-hydrogen) atoms. The fraction of sp³-hybridized carbons (Fsp3) is 0.500. The minimum Gasteiger partial charge on any atom is -0.314 e. The number of nitro benzene ring substituents is 1. The second kappa shape index (κ2) is 8.64. The van der Waals surface area contributed by atoms with Gasteiger partial charge in [0.15, 0.2) is 0 Å². The molecule has 1 atom stereocenters. The molecule has 1 aromatic carbocycles. The summed E-state index contributed by atoms with van der Waals surface area (Å²) >= 11 is 5.82. The van der Waals surface area contributed by atoms with E-state index in [1.54, 1.807) is 12.1 Å². The first-order chi connectivity index (χ1) is 8.59. The number of hydrogen-bond acceptors (Lipinski definition) is 4. The van der Waals surface area contributed by atoms with Crippen LogP contribution < -0.4 is 5.32 Å². The lowest BCUT2D eigenvalue weighted by atomic mass is 10.1. The fourth-order valence-corrected chi connectivity index (χ4v) is 2.40. The highest BCUT2D eigenvalue weighted by Crippen LogP contribution is 2.29. The number of nitrogens with zero attached hydrogens (tertiary/aromatic N) is 2. The summed E-state index contributed by atoms with van der Waals surface area (Å²) in [4.78, 5) is 12.7. The minimum atomic E-state index is -0.434. The van der Waals surface area contributed by atoms with Crippen molar-refractivity contribution in [1.29, 1.82) is 0 Å². The van der Waals surface area contributed by atoms with Gasteiger partial charge in [0.1, 0.15) is 5.02 Å². The van der Waals surface area contributed by atoms with E-state index in [0.29, 0.717) is 0 Å². The number of piperazine rings is 1. The van der Waals surface area contributed by atoms with E-state index in [4.69, 9.17) is 11.6 Å². The molecule has 0 bridgehead atoms. The zero-order valence-electron chi connectivity index (χ0n) is 11.0. The first-order valence-corrected chi connectivity index (χ1v) is 6.36. The number of rotatable bonds is 3. The van der Waals surface area contributed by atoms with Crippen LogP contribution in [0.25, 0.3) is 0 Å². The third-order valence-electron chi connectivity index (χ3n) is 3.35. The van der Waals surface area contributed by atoms with Crippen molar-refractivity contribution in [1.82, 2.24) is 10.2 Å². The lowest BCUT2D eigenvalue weighted by Crippen LogP contribution is -2.44. The number of nitro groups is 1. The summed E-state index contributed by atoms with van der Waals surface area (Å²) in [5.41, 5.74) is 0.921. The maximum Gasteiger partial charge on any atom is 0.288 e. The van der Waals surface area contributed by atoms with Crippen molar-refractivity contribution < 1.29 is 4.92 Å². The molecule has 1 aliphatic heterocycles. The molecule has 0 amide bonds. The molecule has 1 aliphatic rings. The van der Waals surface area contributed by atoms with E-state index in [0.717, 1.165) is 31.7 Å². The summed E-state index contributed by atoms with van der Waals surface area (Å²) in [6, 6.07) is 5.22. The van der Waals surface area contributed by atoms with Gasteiger partial charge < -0.3 is 5.32 Å². The Hall–Kier alpha value is -0.590. The molecule has 0 aromatic heterocycles. The number of halogens is 3. The largest absolute Gasteiger partial charge is 0.314 e. The highest BCUT2D eigenvalue weighted by molar-refractivity contribution is 6.32. The smallest absolute Gasteiger partial charge is 0.288 e. The Labute approximate surface area is 135 Å². The summed E-state index contributed by atoms with van der Waals surface area (Å²) in [6.07, 6.45) is 0. The van der Waals surface area contributed by atoms with E-state index in [1.165, 1.54) is 0 Å². The van der Waals surface area contributed by atoms with Crippen LogP contribution in [0.5, 0.6) is 0 Å². The van der Waals surface area contributed by atoms with Crippen LogP contribution in [0.15, 0.2) is 18.2 Å². The molecule has 114 valence electrons. The van der Waals surface area contributed by atoms with E-state index >= 15 is 0 Å². The predicted octanol–water partition coefficient (Wildman–Crippen LogP) is 3.06. The van der Waals surface area contributed by atoms with E-state index < -0.39 is 4.92 Å². The van der Waals surface area contributed by atoms with Crippen LogP contribution in [0.1, 0.15) is 18.5 Å². The standard InChI is InChI=1S/C12H16ClN3O2.2ClH/c1-9(15-6-4-14-5-7-15)10-2-3-11(13)12(8-10)16(17)18;;/h2-3,8-9,14H,4-7H2,1H3;2*1H/t9-;;/m1../s1. The Kier molecular flexibility index (Phi) is 8.39. The normalized spacial score (nSPS) is 16.7. The molecule has 2 rings (SSSR count). The van der Waals surface area contributed by atoms with Crippen LogP contribution in [0, 0.1) is 10.1 Å². The molecule has 1 fully saturated rings. The summed E-state index contributed by atoms with van der Waals surface area (Å²) < 4.78 is 0. The van der Waals surface area contributed by atoms with Crippen molar-refractivity contribution in [2.24, 2.45) is 0 Å². The highest BCUT2D eigenvalue weighted by Gasteiger charge is 2.21. The topological polar surface area (TPSA) is 58.4 Å². The van der Waals surface area contributed by atoms with Gasteiger partial charge in [-0.2, -0.15) is 0 Å². The lowest BCUT2D eigenvalue weighted by Gasteiger charge is -2.33. The van der Waals surface area contributed by atoms with Crippen molar-refractivity contribution in [3.05, 3.63) is 38.9 Å². The summed E-state index contributed by atoms with van der Waals surface area (Å²) in [7, 11) is 0. The summed E-state index contributed by atoms with van der Waals surface area (Å²) in [5, 5.41) is 14.4. The van der Waals surface area contributed by atoms with Gasteiger partial charge in [0.25, 0.3) is 5.69 Å². The van der Waals surface area contributed by atoms with Crippen molar-refractivity contribution in [2.75, 3.05) is 26.2 Å². The van der Waals surface area contributed by atoms with Crippen molar-refractivity contribution in [3.63, 3.8) is 0 Å². The molecule has 1 saturated heterocycles. The molecular formula is C12H18Cl3N3O2. The highest BCUT2D eigenvalue weighted by atomic mass is 35.5. The quantitative estimate of drug-likeness (QED) is 0.677. The van der Waals surface area contributed by atoms with Crippen LogP contribution in [0.2, 0.25) is 5.02 Å². The molecule has 1 heterocycles. The van der Waals surface area contributed by atoms with Gasteiger partial charge in [0.05, 0.1) is 4.92 Å². The van der Waals surface area contributed by atoms with Gasteiger partial charge in [-0.25, -0.2) is 0 Å². The number of hydrogen-bond donors (Lipinski definition) is 1. The molecule has 0 aliphatic carbocycles. The molecule has 1 N–H and O–H groups in total. The second-order valence-corrected chi connectivity index (χ2v) is 4.84. The molecule has 1 aromatic rings. The molecular weight excluding hydrogens is 325 g/mol. The van der Waals surface area contributed by atoms with Gasteiger partial charge in [-0.15, -0.1) is 24.8 Å². The minimum absolute atomic E-state index is 0. The monoisotopic (exact) mass is 341 g/mol. The summed E-state index contributed by atoms with van der Waals surface area (Å²) in [5.74, 6) is 0. The zero-order valence-corrected chi connectivity index (χ0v) is 13.4. The molecule has 5 nitrogen and oxygen atoms in total. The van der Waals surface area contributed by atoms with E-state index in [2.05, 4.69) is 17.1 Å². The van der Waals surface area contributed by atoms with Gasteiger partial charge in [-0.05, 0) is 18.6 Å². The van der Waals surface area contributed by atoms with Gasteiger partial charge in [0, 0.05) is 38.3 Å². The zero-order chi connectivity index (χ0) is 13.1. The Morgan fingerprint density at radius 2 is 1.95 bits per heavy atom. The van der Waals surface area contributed by atoms with Crippen LogP contribution in [-0.4, -0.2) is 36.0 Å².